The first-order valence-corrected chi connectivity index (χ1v) is 24.8. The van der Waals surface area contributed by atoms with Crippen molar-refractivity contribution < 1.29 is 0 Å². The molecule has 6 aromatic carbocycles. The van der Waals surface area contributed by atoms with Crippen LogP contribution in [0.1, 0.15) is 0 Å². The number of anilines is 6. The molecule has 302 valence electrons. The van der Waals surface area contributed by atoms with E-state index in [2.05, 4.69) is 240 Å². The van der Waals surface area contributed by atoms with Gasteiger partial charge in [0.05, 0.1) is 0 Å². The van der Waals surface area contributed by atoms with E-state index in [-0.39, 0.29) is 0 Å². The Balaban J connectivity index is 0.768. The number of hydrogen-bond acceptors (Lipinski definition) is 7. The maximum absolute atomic E-state index is 2.30. The maximum Gasteiger partial charge on any atom is 0.0462 e. The summed E-state index contributed by atoms with van der Waals surface area (Å²) in [5.41, 5.74) is 9.30. The molecule has 5 aromatic heterocycles. The minimum absolute atomic E-state index is 1.14. The Labute approximate surface area is 388 Å². The second kappa shape index (κ2) is 17.7. The summed E-state index contributed by atoms with van der Waals surface area (Å²) in [7, 11) is 0. The number of para-hydroxylation sites is 4. The Bertz CT molecular complexity index is 2920. The van der Waals surface area contributed by atoms with Gasteiger partial charge in [-0.15, -0.1) is 56.7 Å². The highest BCUT2D eigenvalue weighted by Crippen LogP contribution is 2.47. The molecule has 0 unspecified atom stereocenters. The fourth-order valence-corrected chi connectivity index (χ4v) is 13.2. The van der Waals surface area contributed by atoms with Crippen molar-refractivity contribution in [2.75, 3.05) is 9.80 Å². The molecule has 5 heterocycles. The molecule has 7 heteroatoms. The van der Waals surface area contributed by atoms with Crippen molar-refractivity contribution >= 4 is 90.8 Å². The van der Waals surface area contributed by atoms with Crippen molar-refractivity contribution in [1.82, 2.24) is 0 Å². The van der Waals surface area contributed by atoms with Gasteiger partial charge >= 0.3 is 0 Å². The summed E-state index contributed by atoms with van der Waals surface area (Å²) >= 11 is 9.35. The Hall–Kier alpha value is -6.58. The molecule has 2 nitrogen and oxygen atoms in total. The molecule has 0 bridgehead atoms. The summed E-state index contributed by atoms with van der Waals surface area (Å²) in [5.74, 6) is 0. The van der Waals surface area contributed by atoms with Crippen molar-refractivity contribution in [2.24, 2.45) is 0 Å². The minimum atomic E-state index is 1.14. The van der Waals surface area contributed by atoms with Crippen molar-refractivity contribution in [2.45, 2.75) is 0 Å². The van der Waals surface area contributed by atoms with Crippen LogP contribution in [0.4, 0.5) is 34.1 Å². The molecule has 0 saturated carbocycles. The van der Waals surface area contributed by atoms with E-state index in [1.807, 2.05) is 56.7 Å². The standard InChI is InChI=1S/C56H38N2S5/c1-5-13-41(14-6-1)57(42-15-7-2-8-16-42)45-25-21-39(22-26-45)47-29-31-49(59-47)51-33-35-53(61-51)55-37-38-56(63-55)54-36-34-52(62-54)50-32-30-48(60-50)40-23-27-46(28-24-40)58(43-17-9-3-10-18-43)44-19-11-4-12-20-44/h1-38H. The second-order valence-electron chi connectivity index (χ2n) is 14.9. The molecule has 0 spiro atoms. The van der Waals surface area contributed by atoms with Gasteiger partial charge < -0.3 is 9.80 Å². The first-order valence-electron chi connectivity index (χ1n) is 20.7. The molecule has 0 aliphatic carbocycles. The quantitative estimate of drug-likeness (QED) is 0.121. The fraction of sp³-hybridized carbons (Fsp3) is 0. The highest BCUT2D eigenvalue weighted by Gasteiger charge is 2.17. The van der Waals surface area contributed by atoms with Gasteiger partial charge in [-0.2, -0.15) is 0 Å². The molecule has 0 radical (unpaired) electrons. The van der Waals surface area contributed by atoms with Gasteiger partial charge in [-0.1, -0.05) is 97.1 Å². The zero-order valence-electron chi connectivity index (χ0n) is 33.9. The van der Waals surface area contributed by atoms with E-state index in [9.17, 15) is 0 Å². The third kappa shape index (κ3) is 8.25. The van der Waals surface area contributed by atoms with Gasteiger partial charge in [0.1, 0.15) is 0 Å². The van der Waals surface area contributed by atoms with Crippen LogP contribution in [0.2, 0.25) is 0 Å². The molecular weight excluding hydrogens is 861 g/mol. The van der Waals surface area contributed by atoms with E-state index >= 15 is 0 Å². The lowest BCUT2D eigenvalue weighted by Gasteiger charge is -2.25. The van der Waals surface area contributed by atoms with Crippen LogP contribution in [0.25, 0.3) is 59.9 Å². The van der Waals surface area contributed by atoms with E-state index in [4.69, 9.17) is 0 Å². The van der Waals surface area contributed by atoms with Crippen molar-refractivity contribution in [1.29, 1.82) is 0 Å². The van der Waals surface area contributed by atoms with Gasteiger partial charge in [-0.25, -0.2) is 0 Å². The van der Waals surface area contributed by atoms with E-state index in [0.717, 1.165) is 34.1 Å². The maximum atomic E-state index is 2.30. The predicted octanol–water partition coefficient (Wildman–Crippen LogP) is 18.9. The molecule has 11 aromatic rings. The number of nitrogens with zero attached hydrogens (tertiary/aromatic N) is 2. The van der Waals surface area contributed by atoms with Gasteiger partial charge in [0.25, 0.3) is 0 Å². The van der Waals surface area contributed by atoms with Gasteiger partial charge in [0, 0.05) is 82.9 Å². The van der Waals surface area contributed by atoms with Crippen molar-refractivity contribution in [3.63, 3.8) is 0 Å². The Morgan fingerprint density at radius 2 is 0.365 bits per heavy atom. The predicted molar refractivity (Wildman–Crippen MR) is 278 cm³/mol. The Morgan fingerprint density at radius 3 is 0.603 bits per heavy atom. The van der Waals surface area contributed by atoms with E-state index in [1.165, 1.54) is 59.9 Å². The van der Waals surface area contributed by atoms with Gasteiger partial charge in [0.15, 0.2) is 0 Å². The zero-order valence-corrected chi connectivity index (χ0v) is 38.0. The lowest BCUT2D eigenvalue weighted by atomic mass is 10.1. The highest BCUT2D eigenvalue weighted by molar-refractivity contribution is 7.30. The lowest BCUT2D eigenvalue weighted by Crippen LogP contribution is -2.09. The van der Waals surface area contributed by atoms with Gasteiger partial charge in [-0.3, -0.25) is 0 Å². The molecule has 11 rings (SSSR count). The molecule has 0 saturated heterocycles. The average molecular weight is 899 g/mol. The van der Waals surface area contributed by atoms with Crippen LogP contribution in [0, 0.1) is 0 Å². The Kier molecular flexibility index (Phi) is 11.0. The molecule has 0 N–H and O–H groups in total. The Morgan fingerprint density at radius 1 is 0.175 bits per heavy atom. The minimum Gasteiger partial charge on any atom is -0.311 e. The number of benzene rings is 6. The zero-order chi connectivity index (χ0) is 42.0. The highest BCUT2D eigenvalue weighted by atomic mass is 32.1. The summed E-state index contributed by atoms with van der Waals surface area (Å²) in [5, 5.41) is 0. The average Bonchev–Trinajstić information content (AvgIpc) is 4.21. The van der Waals surface area contributed by atoms with E-state index < -0.39 is 0 Å². The first-order chi connectivity index (χ1) is 31.2. The lowest BCUT2D eigenvalue weighted by molar-refractivity contribution is 1.28. The number of hydrogen-bond donors (Lipinski definition) is 0. The molecule has 0 atom stereocenters. The third-order valence-electron chi connectivity index (χ3n) is 10.9. The smallest absolute Gasteiger partial charge is 0.0462 e. The van der Waals surface area contributed by atoms with Crippen LogP contribution in [-0.2, 0) is 0 Å². The summed E-state index contributed by atoms with van der Waals surface area (Å²) in [6.07, 6.45) is 0. The first kappa shape index (κ1) is 39.3. The molecule has 0 fully saturated rings. The van der Waals surface area contributed by atoms with E-state index in [0.29, 0.717) is 0 Å². The van der Waals surface area contributed by atoms with Gasteiger partial charge in [-0.05, 0) is 145 Å². The second-order valence-corrected chi connectivity index (χ2v) is 20.3. The topological polar surface area (TPSA) is 6.48 Å². The number of rotatable bonds is 12. The number of thiophene rings is 5. The monoisotopic (exact) mass is 898 g/mol. The van der Waals surface area contributed by atoms with Gasteiger partial charge in [0.2, 0.25) is 0 Å². The van der Waals surface area contributed by atoms with Crippen LogP contribution in [-0.4, -0.2) is 0 Å². The SMILES string of the molecule is c1ccc(N(c2ccccc2)c2ccc(-c3ccc(-c4ccc(-c5ccc(-c6ccc(-c7ccc(-c8ccc(N(c9ccccc9)c9ccccc9)cc8)s7)s6)s5)s4)s3)cc2)cc1. The molecule has 0 amide bonds. The van der Waals surface area contributed by atoms with Crippen LogP contribution < -0.4 is 9.80 Å². The van der Waals surface area contributed by atoms with Crippen LogP contribution >= 0.6 is 56.7 Å². The molecular formula is C56H38N2S5. The normalized spacial score (nSPS) is 11.2. The summed E-state index contributed by atoms with van der Waals surface area (Å²) < 4.78 is 0. The third-order valence-corrected chi connectivity index (χ3v) is 17.2. The summed E-state index contributed by atoms with van der Waals surface area (Å²) in [6, 6.07) is 82.9. The van der Waals surface area contributed by atoms with Crippen molar-refractivity contribution in [3.05, 3.63) is 231 Å². The molecule has 63 heavy (non-hydrogen) atoms. The van der Waals surface area contributed by atoms with Crippen LogP contribution in [0.15, 0.2) is 231 Å². The van der Waals surface area contributed by atoms with Crippen molar-refractivity contribution in [3.8, 4) is 59.9 Å². The fourth-order valence-electron chi connectivity index (χ4n) is 7.81. The molecule has 0 aliphatic heterocycles. The summed E-state index contributed by atoms with van der Waals surface area (Å²) in [6.45, 7) is 0. The summed E-state index contributed by atoms with van der Waals surface area (Å²) in [4.78, 5) is 17.6. The van der Waals surface area contributed by atoms with Crippen LogP contribution in [0.3, 0.4) is 0 Å². The molecule has 0 aliphatic rings. The largest absolute Gasteiger partial charge is 0.311 e. The van der Waals surface area contributed by atoms with Crippen LogP contribution in [0.5, 0.6) is 0 Å². The van der Waals surface area contributed by atoms with E-state index in [1.54, 1.807) is 0 Å².